The maximum Gasteiger partial charge on any atom is 0.336 e. The lowest BCUT2D eigenvalue weighted by Crippen LogP contribution is -2.56. The molecule has 0 aromatic heterocycles. The first-order valence-corrected chi connectivity index (χ1v) is 17.3. The minimum atomic E-state index is -2.10. The van der Waals surface area contributed by atoms with Gasteiger partial charge in [-0.25, -0.2) is 0 Å². The SMILES string of the molecule is CO[Si](C)(CSC)O[Si](C)(C)O[Si](C)(C)CSC. The molecule has 0 aromatic carbocycles. The lowest BCUT2D eigenvalue weighted by Gasteiger charge is -2.38. The molecule has 8 heteroatoms. The summed E-state index contributed by atoms with van der Waals surface area (Å²) in [6.07, 6.45) is 4.23. The van der Waals surface area contributed by atoms with Gasteiger partial charge in [-0.3, -0.25) is 0 Å². The molecule has 0 aliphatic rings. The maximum absolute atomic E-state index is 6.39. The van der Waals surface area contributed by atoms with Crippen molar-refractivity contribution in [1.29, 1.82) is 0 Å². The highest BCUT2D eigenvalue weighted by Crippen LogP contribution is 2.24. The zero-order chi connectivity index (χ0) is 14.4. The first-order chi connectivity index (χ1) is 8.10. The first kappa shape index (κ1) is 19.2. The minimum Gasteiger partial charge on any atom is -0.436 e. The van der Waals surface area contributed by atoms with E-state index in [9.17, 15) is 0 Å². The molecule has 3 nitrogen and oxygen atoms in total. The predicted octanol–water partition coefficient (Wildman–Crippen LogP) is 3.45. The average Bonchev–Trinajstić information content (AvgIpc) is 2.14. The molecule has 0 radical (unpaired) electrons. The Labute approximate surface area is 124 Å². The summed E-state index contributed by atoms with van der Waals surface area (Å²) in [6.45, 7) is 11.0. The van der Waals surface area contributed by atoms with Crippen LogP contribution in [0.25, 0.3) is 0 Å². The van der Waals surface area contributed by atoms with E-state index in [-0.39, 0.29) is 0 Å². The number of hydrogen-bond donors (Lipinski definition) is 0. The third-order valence-corrected chi connectivity index (χ3v) is 18.2. The van der Waals surface area contributed by atoms with E-state index in [1.54, 1.807) is 18.9 Å². The van der Waals surface area contributed by atoms with Gasteiger partial charge in [0.15, 0.2) is 8.32 Å². The van der Waals surface area contributed by atoms with Crippen LogP contribution >= 0.6 is 23.5 Å². The molecule has 110 valence electrons. The summed E-state index contributed by atoms with van der Waals surface area (Å²) in [4.78, 5) is 0. The molecule has 18 heavy (non-hydrogen) atoms. The van der Waals surface area contributed by atoms with Crippen LogP contribution in [-0.4, -0.2) is 55.8 Å². The highest BCUT2D eigenvalue weighted by Gasteiger charge is 2.42. The topological polar surface area (TPSA) is 27.7 Å². The van der Waals surface area contributed by atoms with Crippen molar-refractivity contribution < 1.29 is 12.7 Å². The molecule has 0 saturated carbocycles. The van der Waals surface area contributed by atoms with Gasteiger partial charge in [-0.2, -0.15) is 23.5 Å². The maximum atomic E-state index is 6.39. The second-order valence-corrected chi connectivity index (χ2v) is 19.7. The smallest absolute Gasteiger partial charge is 0.336 e. The lowest BCUT2D eigenvalue weighted by molar-refractivity contribution is 0.279. The van der Waals surface area contributed by atoms with Gasteiger partial charge in [-0.15, -0.1) is 0 Å². The van der Waals surface area contributed by atoms with E-state index < -0.39 is 25.4 Å². The molecule has 0 heterocycles. The fourth-order valence-electron chi connectivity index (χ4n) is 1.98. The molecule has 0 rings (SSSR count). The molecule has 0 fully saturated rings. The van der Waals surface area contributed by atoms with E-state index in [0.717, 1.165) is 10.8 Å². The Balaban J connectivity index is 4.63. The largest absolute Gasteiger partial charge is 0.436 e. The summed E-state index contributed by atoms with van der Waals surface area (Å²) in [5, 5.41) is 2.06. The quantitative estimate of drug-likeness (QED) is 0.597. The second-order valence-electron chi connectivity index (χ2n) is 5.57. The molecule has 0 amide bonds. The van der Waals surface area contributed by atoms with Crippen molar-refractivity contribution >= 4 is 49.0 Å². The third kappa shape index (κ3) is 7.73. The van der Waals surface area contributed by atoms with Crippen molar-refractivity contribution in [3.8, 4) is 0 Å². The van der Waals surface area contributed by atoms with E-state index >= 15 is 0 Å². The molecular weight excluding hydrogens is 316 g/mol. The highest BCUT2D eigenvalue weighted by molar-refractivity contribution is 8.00. The van der Waals surface area contributed by atoms with Crippen LogP contribution in [-0.2, 0) is 12.7 Å². The molecule has 0 N–H and O–H groups in total. The summed E-state index contributed by atoms with van der Waals surface area (Å²) in [5.41, 5.74) is 0. The van der Waals surface area contributed by atoms with Gasteiger partial charge in [0.05, 0.1) is 0 Å². The Bertz CT molecular complexity index is 255. The third-order valence-electron chi connectivity index (χ3n) is 2.31. The zero-order valence-corrected chi connectivity index (χ0v) is 17.6. The summed E-state index contributed by atoms with van der Waals surface area (Å²) >= 11 is 3.65. The zero-order valence-electron chi connectivity index (χ0n) is 13.0. The summed E-state index contributed by atoms with van der Waals surface area (Å²) < 4.78 is 18.4. The molecule has 0 aliphatic carbocycles. The van der Waals surface area contributed by atoms with Gasteiger partial charge < -0.3 is 12.7 Å². The molecule has 0 spiro atoms. The summed E-state index contributed by atoms with van der Waals surface area (Å²) in [5.74, 6) is 0. The number of hydrogen-bond acceptors (Lipinski definition) is 5. The van der Waals surface area contributed by atoms with E-state index in [0.29, 0.717) is 0 Å². The van der Waals surface area contributed by atoms with E-state index in [4.69, 9.17) is 12.7 Å². The van der Waals surface area contributed by atoms with Gasteiger partial charge in [-0.05, 0) is 45.2 Å². The van der Waals surface area contributed by atoms with Crippen molar-refractivity contribution in [3.63, 3.8) is 0 Å². The van der Waals surface area contributed by atoms with Crippen LogP contribution in [0, 0.1) is 0 Å². The molecule has 1 unspecified atom stereocenters. The van der Waals surface area contributed by atoms with Gasteiger partial charge in [0.2, 0.25) is 0 Å². The van der Waals surface area contributed by atoms with Crippen molar-refractivity contribution in [3.05, 3.63) is 0 Å². The van der Waals surface area contributed by atoms with Crippen LogP contribution in [0.3, 0.4) is 0 Å². The van der Waals surface area contributed by atoms with Crippen molar-refractivity contribution in [1.82, 2.24) is 0 Å². The highest BCUT2D eigenvalue weighted by atomic mass is 32.2. The van der Waals surface area contributed by atoms with Gasteiger partial charge in [0.1, 0.15) is 0 Å². The van der Waals surface area contributed by atoms with E-state index in [1.807, 2.05) is 11.8 Å². The summed E-state index contributed by atoms with van der Waals surface area (Å²) in [7, 11) is -4.02. The number of thioether (sulfide) groups is 2. The Morgan fingerprint density at radius 1 is 0.833 bits per heavy atom. The van der Waals surface area contributed by atoms with Crippen LogP contribution in [0.1, 0.15) is 0 Å². The van der Waals surface area contributed by atoms with Crippen LogP contribution in [0.15, 0.2) is 0 Å². The Morgan fingerprint density at radius 2 is 1.33 bits per heavy atom. The fraction of sp³-hybridized carbons (Fsp3) is 1.00. The van der Waals surface area contributed by atoms with Gasteiger partial charge >= 0.3 is 17.1 Å². The first-order valence-electron chi connectivity index (χ1n) is 6.03. The molecule has 0 saturated heterocycles. The molecule has 0 aromatic rings. The van der Waals surface area contributed by atoms with Gasteiger partial charge in [0, 0.05) is 17.9 Å². The minimum absolute atomic E-state index is 0.952. The van der Waals surface area contributed by atoms with E-state index in [1.165, 1.54) is 0 Å². The van der Waals surface area contributed by atoms with Crippen molar-refractivity contribution in [2.24, 2.45) is 0 Å². The van der Waals surface area contributed by atoms with Crippen LogP contribution in [0.5, 0.6) is 0 Å². The van der Waals surface area contributed by atoms with Gasteiger partial charge in [-0.1, -0.05) is 0 Å². The average molecular weight is 345 g/mol. The Hall–Kier alpha value is 1.23. The monoisotopic (exact) mass is 344 g/mol. The summed E-state index contributed by atoms with van der Waals surface area (Å²) in [6, 6.07) is 0. The standard InChI is InChI=1S/C10H28O3S2Si3/c1-11-18(8,10-15-3)13-17(6,7)12-16(4,5)9-14-2/h9-10H2,1-8H3. The Kier molecular flexibility index (Phi) is 8.40. The Morgan fingerprint density at radius 3 is 1.72 bits per heavy atom. The van der Waals surface area contributed by atoms with Gasteiger partial charge in [0.25, 0.3) is 0 Å². The molecule has 0 bridgehead atoms. The van der Waals surface area contributed by atoms with Crippen molar-refractivity contribution in [2.45, 2.75) is 32.7 Å². The van der Waals surface area contributed by atoms with Crippen LogP contribution < -0.4 is 0 Å². The van der Waals surface area contributed by atoms with Crippen LogP contribution in [0.4, 0.5) is 0 Å². The predicted molar refractivity (Wildman–Crippen MR) is 92.5 cm³/mol. The fourth-order valence-corrected chi connectivity index (χ4v) is 19.2. The number of rotatable bonds is 9. The molecule has 1 atom stereocenters. The lowest BCUT2D eigenvalue weighted by atomic mass is 11.8. The van der Waals surface area contributed by atoms with Crippen molar-refractivity contribution in [2.75, 3.05) is 30.4 Å². The normalized spacial score (nSPS) is 16.7. The molecular formula is C10H28O3S2Si3. The molecule has 0 aliphatic heterocycles. The van der Waals surface area contributed by atoms with E-state index in [2.05, 4.69) is 45.2 Å². The van der Waals surface area contributed by atoms with Crippen LogP contribution in [0.2, 0.25) is 32.7 Å². The second kappa shape index (κ2) is 7.87.